The Morgan fingerprint density at radius 3 is 2.31 bits per heavy atom. The molecule has 1 atom stereocenters. The summed E-state index contributed by atoms with van der Waals surface area (Å²) < 4.78 is 9.96. The van der Waals surface area contributed by atoms with Crippen LogP contribution >= 0.6 is 11.6 Å². The van der Waals surface area contributed by atoms with Crippen molar-refractivity contribution in [2.75, 3.05) is 14.2 Å². The van der Waals surface area contributed by atoms with Gasteiger partial charge in [0.25, 0.3) is 0 Å². The molecule has 0 fully saturated rings. The highest BCUT2D eigenvalue weighted by Crippen LogP contribution is 2.40. The summed E-state index contributed by atoms with van der Waals surface area (Å²) in [5.74, 6) is -1.06. The molecule has 1 rings (SSSR count). The molecule has 0 aliphatic rings. The summed E-state index contributed by atoms with van der Waals surface area (Å²) in [5.41, 5.74) is 0.0938. The molecule has 0 aliphatic carbocycles. The maximum atomic E-state index is 10.7. The zero-order chi connectivity index (χ0) is 12.3. The van der Waals surface area contributed by atoms with Crippen LogP contribution in [-0.4, -0.2) is 30.4 Å². The molecule has 5 nitrogen and oxygen atoms in total. The first-order chi connectivity index (χ1) is 7.52. The van der Waals surface area contributed by atoms with E-state index >= 15 is 0 Å². The maximum absolute atomic E-state index is 10.7. The van der Waals surface area contributed by atoms with E-state index in [1.54, 1.807) is 0 Å². The monoisotopic (exact) mass is 246 g/mol. The Labute approximate surface area is 97.2 Å². The lowest BCUT2D eigenvalue weighted by Gasteiger charge is -2.15. The summed E-state index contributed by atoms with van der Waals surface area (Å²) in [4.78, 5) is 10.7. The van der Waals surface area contributed by atoms with Crippen LogP contribution in [0.5, 0.6) is 11.5 Å². The number of carboxylic acids is 1. The van der Waals surface area contributed by atoms with Gasteiger partial charge in [-0.1, -0.05) is 17.7 Å². The third kappa shape index (κ3) is 2.20. The number of aliphatic carboxylic acids is 1. The standard InChI is InChI=1S/C10H11ClO5/c1-15-8-5(7(12)10(13)14)3-4-6(11)9(8)16-2/h3-4,7,12H,1-2H3,(H,13,14). The molecule has 0 amide bonds. The molecule has 0 aliphatic heterocycles. The van der Waals surface area contributed by atoms with Crippen molar-refractivity contribution in [3.8, 4) is 11.5 Å². The number of ether oxygens (including phenoxy) is 2. The minimum Gasteiger partial charge on any atom is -0.492 e. The SMILES string of the molecule is COc1c(Cl)ccc(C(O)C(=O)O)c1OC. The predicted octanol–water partition coefficient (Wildman–Crippen LogP) is 1.48. The highest BCUT2D eigenvalue weighted by Gasteiger charge is 2.24. The van der Waals surface area contributed by atoms with Crippen LogP contribution in [0.3, 0.4) is 0 Å². The fourth-order valence-corrected chi connectivity index (χ4v) is 1.53. The molecule has 0 spiro atoms. The number of carbonyl (C=O) groups is 1. The minimum absolute atomic E-state index is 0.0938. The molecule has 1 aromatic carbocycles. The summed E-state index contributed by atoms with van der Waals surface area (Å²) in [7, 11) is 2.72. The van der Waals surface area contributed by atoms with Crippen molar-refractivity contribution in [1.29, 1.82) is 0 Å². The zero-order valence-corrected chi connectivity index (χ0v) is 9.49. The van der Waals surface area contributed by atoms with Crippen LogP contribution in [0.1, 0.15) is 11.7 Å². The molecule has 0 bridgehead atoms. The fraction of sp³-hybridized carbons (Fsp3) is 0.300. The van der Waals surface area contributed by atoms with Gasteiger partial charge in [0.2, 0.25) is 0 Å². The lowest BCUT2D eigenvalue weighted by Crippen LogP contribution is -2.12. The van der Waals surface area contributed by atoms with Gasteiger partial charge >= 0.3 is 5.97 Å². The molecule has 88 valence electrons. The van der Waals surface area contributed by atoms with Crippen LogP contribution in [-0.2, 0) is 4.79 Å². The van der Waals surface area contributed by atoms with Crippen molar-refractivity contribution in [1.82, 2.24) is 0 Å². The van der Waals surface area contributed by atoms with Gasteiger partial charge in [-0.3, -0.25) is 0 Å². The molecule has 1 aromatic rings. The number of aliphatic hydroxyl groups is 1. The summed E-state index contributed by atoms with van der Waals surface area (Å²) in [5, 5.41) is 18.4. The van der Waals surface area contributed by atoms with Gasteiger partial charge < -0.3 is 19.7 Å². The summed E-state index contributed by atoms with van der Waals surface area (Å²) in [6.45, 7) is 0. The largest absolute Gasteiger partial charge is 0.492 e. The Hall–Kier alpha value is -1.46. The van der Waals surface area contributed by atoms with Gasteiger partial charge in [-0.15, -0.1) is 0 Å². The molecule has 0 aromatic heterocycles. The smallest absolute Gasteiger partial charge is 0.337 e. The zero-order valence-electron chi connectivity index (χ0n) is 8.73. The molecule has 2 N–H and O–H groups in total. The van der Waals surface area contributed by atoms with Gasteiger partial charge in [0.05, 0.1) is 19.2 Å². The van der Waals surface area contributed by atoms with E-state index in [2.05, 4.69) is 0 Å². The van der Waals surface area contributed by atoms with E-state index in [0.717, 1.165) is 0 Å². The van der Waals surface area contributed by atoms with Crippen molar-refractivity contribution in [3.63, 3.8) is 0 Å². The van der Waals surface area contributed by atoms with Gasteiger partial charge in [0.1, 0.15) is 0 Å². The third-order valence-electron chi connectivity index (χ3n) is 2.03. The number of rotatable bonds is 4. The van der Waals surface area contributed by atoms with E-state index < -0.39 is 12.1 Å². The normalized spacial score (nSPS) is 12.0. The van der Waals surface area contributed by atoms with Crippen LogP contribution in [0.15, 0.2) is 12.1 Å². The number of methoxy groups -OCH3 is 2. The molecule has 0 saturated carbocycles. The molecular formula is C10H11ClO5. The van der Waals surface area contributed by atoms with E-state index in [0.29, 0.717) is 0 Å². The Morgan fingerprint density at radius 2 is 1.88 bits per heavy atom. The Morgan fingerprint density at radius 1 is 1.31 bits per heavy atom. The summed E-state index contributed by atoms with van der Waals surface area (Å²) in [6, 6.07) is 2.81. The molecule has 0 saturated heterocycles. The quantitative estimate of drug-likeness (QED) is 0.842. The summed E-state index contributed by atoms with van der Waals surface area (Å²) in [6.07, 6.45) is -1.68. The number of benzene rings is 1. The number of carboxylic acid groups (broad SMARTS) is 1. The summed E-state index contributed by atoms with van der Waals surface area (Å²) >= 11 is 5.83. The first-order valence-corrected chi connectivity index (χ1v) is 4.72. The average molecular weight is 247 g/mol. The highest BCUT2D eigenvalue weighted by atomic mass is 35.5. The van der Waals surface area contributed by atoms with Crippen LogP contribution in [0.25, 0.3) is 0 Å². The van der Waals surface area contributed by atoms with Gasteiger partial charge in [0, 0.05) is 5.56 Å². The van der Waals surface area contributed by atoms with Gasteiger partial charge in [-0.05, 0) is 6.07 Å². The van der Waals surface area contributed by atoms with E-state index in [-0.39, 0.29) is 22.1 Å². The number of halogens is 1. The fourth-order valence-electron chi connectivity index (χ4n) is 1.30. The number of hydrogen-bond acceptors (Lipinski definition) is 4. The van der Waals surface area contributed by atoms with Crippen LogP contribution in [0, 0.1) is 0 Å². The maximum Gasteiger partial charge on any atom is 0.337 e. The van der Waals surface area contributed by atoms with Crippen molar-refractivity contribution < 1.29 is 24.5 Å². The van der Waals surface area contributed by atoms with Crippen LogP contribution < -0.4 is 9.47 Å². The second kappa shape index (κ2) is 5.05. The van der Waals surface area contributed by atoms with Crippen molar-refractivity contribution >= 4 is 17.6 Å². The lowest BCUT2D eigenvalue weighted by molar-refractivity contribution is -0.147. The Balaban J connectivity index is 3.35. The predicted molar refractivity (Wildman–Crippen MR) is 57.2 cm³/mol. The lowest BCUT2D eigenvalue weighted by atomic mass is 10.1. The Kier molecular flexibility index (Phi) is 3.98. The first kappa shape index (κ1) is 12.6. The van der Waals surface area contributed by atoms with E-state index in [4.69, 9.17) is 26.2 Å². The average Bonchev–Trinajstić information content (AvgIpc) is 2.27. The Bertz CT molecular complexity index is 404. The van der Waals surface area contributed by atoms with E-state index in [1.165, 1.54) is 26.4 Å². The molecule has 0 heterocycles. The second-order valence-corrected chi connectivity index (χ2v) is 3.35. The first-order valence-electron chi connectivity index (χ1n) is 4.34. The number of aliphatic hydroxyl groups excluding tert-OH is 1. The molecular weight excluding hydrogens is 236 g/mol. The van der Waals surface area contributed by atoms with Gasteiger partial charge in [0.15, 0.2) is 17.6 Å². The second-order valence-electron chi connectivity index (χ2n) is 2.94. The van der Waals surface area contributed by atoms with Gasteiger partial charge in [-0.25, -0.2) is 4.79 Å². The molecule has 16 heavy (non-hydrogen) atoms. The van der Waals surface area contributed by atoms with Crippen molar-refractivity contribution in [3.05, 3.63) is 22.7 Å². The van der Waals surface area contributed by atoms with Crippen LogP contribution in [0.4, 0.5) is 0 Å². The van der Waals surface area contributed by atoms with E-state index in [1.807, 2.05) is 0 Å². The highest BCUT2D eigenvalue weighted by molar-refractivity contribution is 6.32. The van der Waals surface area contributed by atoms with Crippen molar-refractivity contribution in [2.24, 2.45) is 0 Å². The minimum atomic E-state index is -1.68. The molecule has 1 unspecified atom stereocenters. The topological polar surface area (TPSA) is 76.0 Å². The van der Waals surface area contributed by atoms with Crippen molar-refractivity contribution in [2.45, 2.75) is 6.10 Å². The van der Waals surface area contributed by atoms with Gasteiger partial charge in [-0.2, -0.15) is 0 Å². The number of hydrogen-bond donors (Lipinski definition) is 2. The molecule has 6 heteroatoms. The van der Waals surface area contributed by atoms with E-state index in [9.17, 15) is 9.90 Å². The molecule has 0 radical (unpaired) electrons. The van der Waals surface area contributed by atoms with Crippen LogP contribution in [0.2, 0.25) is 5.02 Å². The third-order valence-corrected chi connectivity index (χ3v) is 2.33.